The third-order valence-corrected chi connectivity index (χ3v) is 6.35. The first-order valence-corrected chi connectivity index (χ1v) is 13.6. The van der Waals surface area contributed by atoms with Crippen LogP contribution >= 0.6 is 0 Å². The second-order valence-electron chi connectivity index (χ2n) is 10.6. The van der Waals surface area contributed by atoms with Crippen LogP contribution in [-0.4, -0.2) is 83.6 Å². The number of carbonyl (C=O) groups excluding carboxylic acids is 5. The standard InChI is InChI=1S/C25H45BN6O7/c1-15(2)12-20-24(36)31-19(22(34)13-18(26(38)39)8-7-11-28-16(3)27)9-5-6-10-29-23(35)14-21(25(37)32-20)30-17(4)33/h15,18-21,38-39H,5-14H2,1-4H3,(H2,27,28)(H,29,35)(H,30,33)(H,31,36)(H,32,37)/t18-,19+,20+,21+/m1/s1. The van der Waals surface area contributed by atoms with E-state index >= 15 is 0 Å². The Balaban J connectivity index is 3.11. The van der Waals surface area contributed by atoms with E-state index in [1.165, 1.54) is 6.92 Å². The van der Waals surface area contributed by atoms with Crippen molar-refractivity contribution >= 4 is 42.4 Å². The van der Waals surface area contributed by atoms with E-state index in [9.17, 15) is 34.0 Å². The summed E-state index contributed by atoms with van der Waals surface area (Å²) >= 11 is 0. The molecule has 39 heavy (non-hydrogen) atoms. The van der Waals surface area contributed by atoms with Crippen molar-refractivity contribution in [2.24, 2.45) is 16.6 Å². The van der Waals surface area contributed by atoms with Crippen molar-refractivity contribution in [3.8, 4) is 0 Å². The molecule has 1 aliphatic heterocycles. The van der Waals surface area contributed by atoms with Crippen LogP contribution < -0.4 is 27.0 Å². The molecule has 0 aliphatic carbocycles. The number of aliphatic imine (C=N–C) groups is 1. The Bertz CT molecular complexity index is 879. The molecule has 1 fully saturated rings. The highest BCUT2D eigenvalue weighted by molar-refractivity contribution is 6.43. The van der Waals surface area contributed by atoms with Crippen LogP contribution in [0.5, 0.6) is 0 Å². The van der Waals surface area contributed by atoms with Gasteiger partial charge in [0.25, 0.3) is 0 Å². The van der Waals surface area contributed by atoms with Crippen LogP contribution in [0.4, 0.5) is 0 Å². The van der Waals surface area contributed by atoms with Crippen molar-refractivity contribution in [1.82, 2.24) is 21.3 Å². The average molecular weight is 552 g/mol. The molecule has 0 unspecified atom stereocenters. The van der Waals surface area contributed by atoms with E-state index in [1.807, 2.05) is 13.8 Å². The molecule has 220 valence electrons. The molecule has 0 radical (unpaired) electrons. The van der Waals surface area contributed by atoms with Gasteiger partial charge in [-0.15, -0.1) is 0 Å². The summed E-state index contributed by atoms with van der Waals surface area (Å²) in [6, 6.07) is -3.09. The lowest BCUT2D eigenvalue weighted by atomic mass is 9.67. The molecule has 1 aliphatic rings. The molecule has 13 nitrogen and oxygen atoms in total. The highest BCUT2D eigenvalue weighted by atomic mass is 16.4. The first kappa shape index (κ1) is 34.0. The summed E-state index contributed by atoms with van der Waals surface area (Å²) in [5.41, 5.74) is 5.53. The summed E-state index contributed by atoms with van der Waals surface area (Å²) in [6.45, 7) is 7.30. The minimum atomic E-state index is -1.72. The fourth-order valence-corrected chi connectivity index (χ4v) is 4.34. The zero-order chi connectivity index (χ0) is 29.5. The lowest BCUT2D eigenvalue weighted by molar-refractivity contribution is -0.135. The molecule has 1 saturated heterocycles. The van der Waals surface area contributed by atoms with Crippen LogP contribution in [0.2, 0.25) is 5.82 Å². The fraction of sp³-hybridized carbons (Fsp3) is 0.760. The largest absolute Gasteiger partial charge is 0.455 e. The predicted octanol–water partition coefficient (Wildman–Crippen LogP) is -0.843. The molecule has 8 N–H and O–H groups in total. The zero-order valence-electron chi connectivity index (χ0n) is 23.5. The SMILES string of the molecule is CC(=O)N[C@H]1CC(=O)NCCCC[C@@H](C(=O)C[C@@H](CCCN=C(C)N)B(O)O)NC(=O)[C@H](CC(C)C)NC1=O. The molecule has 4 amide bonds. The van der Waals surface area contributed by atoms with E-state index in [4.69, 9.17) is 5.73 Å². The van der Waals surface area contributed by atoms with Gasteiger partial charge in [-0.1, -0.05) is 13.8 Å². The van der Waals surface area contributed by atoms with Gasteiger partial charge >= 0.3 is 7.12 Å². The fourth-order valence-electron chi connectivity index (χ4n) is 4.34. The van der Waals surface area contributed by atoms with E-state index in [1.54, 1.807) is 6.92 Å². The number of hydrogen-bond acceptors (Lipinski definition) is 8. The monoisotopic (exact) mass is 552 g/mol. The molecular weight excluding hydrogens is 507 g/mol. The van der Waals surface area contributed by atoms with E-state index in [0.717, 1.165) is 0 Å². The number of Topliss-reactive ketones (excluding diaryl/α,β-unsaturated/α-hetero) is 1. The summed E-state index contributed by atoms with van der Waals surface area (Å²) in [7, 11) is -1.72. The second kappa shape index (κ2) is 17.6. The summed E-state index contributed by atoms with van der Waals surface area (Å²) < 4.78 is 0. The van der Waals surface area contributed by atoms with E-state index < -0.39 is 54.7 Å². The van der Waals surface area contributed by atoms with Crippen molar-refractivity contribution in [3.05, 3.63) is 0 Å². The number of nitrogens with zero attached hydrogens (tertiary/aromatic N) is 1. The Labute approximate surface area is 230 Å². The molecule has 0 aromatic heterocycles. The van der Waals surface area contributed by atoms with Gasteiger partial charge in [0.05, 0.1) is 18.3 Å². The average Bonchev–Trinajstić information content (AvgIpc) is 2.82. The number of amidine groups is 1. The van der Waals surface area contributed by atoms with Gasteiger partial charge in [0.2, 0.25) is 23.6 Å². The zero-order valence-corrected chi connectivity index (χ0v) is 23.5. The normalized spacial score (nSPS) is 22.7. The second-order valence-corrected chi connectivity index (χ2v) is 10.6. The molecule has 14 heteroatoms. The first-order chi connectivity index (χ1) is 18.3. The Hall–Kier alpha value is -3.00. The van der Waals surface area contributed by atoms with Gasteiger partial charge in [-0.3, -0.25) is 29.0 Å². The lowest BCUT2D eigenvalue weighted by Gasteiger charge is -2.27. The molecule has 4 atom stereocenters. The van der Waals surface area contributed by atoms with Gasteiger partial charge in [-0.2, -0.15) is 0 Å². The van der Waals surface area contributed by atoms with Crippen LogP contribution in [0.15, 0.2) is 4.99 Å². The van der Waals surface area contributed by atoms with Gasteiger partial charge in [0.1, 0.15) is 12.1 Å². The summed E-state index contributed by atoms with van der Waals surface area (Å²) in [5, 5.41) is 30.3. The molecule has 1 rings (SSSR count). The minimum Gasteiger partial charge on any atom is -0.427 e. The van der Waals surface area contributed by atoms with Crippen molar-refractivity contribution in [1.29, 1.82) is 0 Å². The molecule has 0 saturated carbocycles. The number of amides is 4. The number of rotatable bonds is 11. The van der Waals surface area contributed by atoms with E-state index in [-0.39, 0.29) is 43.9 Å². The number of carbonyl (C=O) groups is 5. The van der Waals surface area contributed by atoms with Crippen molar-refractivity contribution in [2.45, 2.75) is 103 Å². The van der Waals surface area contributed by atoms with Gasteiger partial charge in [-0.05, 0) is 51.4 Å². The molecule has 0 spiro atoms. The number of nitrogens with two attached hydrogens (primary N) is 1. The quantitative estimate of drug-likeness (QED) is 0.0741. The Morgan fingerprint density at radius 2 is 1.82 bits per heavy atom. The first-order valence-electron chi connectivity index (χ1n) is 13.6. The Morgan fingerprint density at radius 1 is 1.13 bits per heavy atom. The van der Waals surface area contributed by atoms with Crippen molar-refractivity contribution < 1.29 is 34.0 Å². The van der Waals surface area contributed by atoms with Gasteiger partial charge in [-0.25, -0.2) is 0 Å². The van der Waals surface area contributed by atoms with Crippen LogP contribution in [0.3, 0.4) is 0 Å². The maximum absolute atomic E-state index is 13.3. The predicted molar refractivity (Wildman–Crippen MR) is 147 cm³/mol. The number of ketones is 1. The van der Waals surface area contributed by atoms with E-state index in [0.29, 0.717) is 38.1 Å². The van der Waals surface area contributed by atoms with E-state index in [2.05, 4.69) is 26.3 Å². The third kappa shape index (κ3) is 14.1. The molecule has 1 heterocycles. The topological polar surface area (TPSA) is 212 Å². The Kier molecular flexibility index (Phi) is 15.3. The lowest BCUT2D eigenvalue weighted by Crippen LogP contribution is -2.56. The minimum absolute atomic E-state index is 0.00494. The van der Waals surface area contributed by atoms with Gasteiger partial charge < -0.3 is 37.0 Å². The van der Waals surface area contributed by atoms with Crippen LogP contribution in [0.1, 0.15) is 79.1 Å². The van der Waals surface area contributed by atoms with Crippen LogP contribution in [0, 0.1) is 5.92 Å². The highest BCUT2D eigenvalue weighted by Crippen LogP contribution is 2.22. The summed E-state index contributed by atoms with van der Waals surface area (Å²) in [4.78, 5) is 67.6. The van der Waals surface area contributed by atoms with Gasteiger partial charge in [0, 0.05) is 32.3 Å². The maximum Gasteiger partial charge on any atom is 0.455 e. The van der Waals surface area contributed by atoms with Crippen molar-refractivity contribution in [3.63, 3.8) is 0 Å². The van der Waals surface area contributed by atoms with Crippen LogP contribution in [0.25, 0.3) is 0 Å². The Morgan fingerprint density at radius 3 is 2.41 bits per heavy atom. The highest BCUT2D eigenvalue weighted by Gasteiger charge is 2.33. The number of nitrogens with one attached hydrogen (secondary N) is 4. The molecule has 0 aromatic rings. The molecule has 0 bridgehead atoms. The van der Waals surface area contributed by atoms with Crippen LogP contribution in [-0.2, 0) is 24.0 Å². The van der Waals surface area contributed by atoms with Gasteiger partial charge in [0.15, 0.2) is 5.78 Å². The maximum atomic E-state index is 13.3. The third-order valence-electron chi connectivity index (χ3n) is 6.35. The summed E-state index contributed by atoms with van der Waals surface area (Å²) in [5.74, 6) is -2.85. The molecular formula is C25H45BN6O7. The summed E-state index contributed by atoms with van der Waals surface area (Å²) in [6.07, 6.45) is 1.94. The number of hydrogen-bond donors (Lipinski definition) is 7. The van der Waals surface area contributed by atoms with Crippen molar-refractivity contribution in [2.75, 3.05) is 13.1 Å². The smallest absolute Gasteiger partial charge is 0.427 e. The molecule has 0 aromatic carbocycles.